The maximum Gasteiger partial charge on any atom is 0.230 e. The van der Waals surface area contributed by atoms with E-state index in [2.05, 4.69) is 36.3 Å². The highest BCUT2D eigenvalue weighted by Gasteiger charge is 2.23. The minimum atomic E-state index is 0.132. The molecule has 35 heavy (non-hydrogen) atoms. The average Bonchev–Trinajstić information content (AvgIpc) is 3.24. The fraction of sp³-hybridized carbons (Fsp3) is 0.261. The van der Waals surface area contributed by atoms with Crippen LogP contribution in [0.1, 0.15) is 5.56 Å². The van der Waals surface area contributed by atoms with E-state index >= 15 is 0 Å². The van der Waals surface area contributed by atoms with Gasteiger partial charge in [-0.3, -0.25) is 9.88 Å². The average molecular weight is 473 g/mol. The second kappa shape index (κ2) is 9.80. The van der Waals surface area contributed by atoms with Crippen molar-refractivity contribution < 1.29 is 9.84 Å². The first-order chi connectivity index (χ1) is 17.1. The van der Waals surface area contributed by atoms with E-state index in [1.54, 1.807) is 24.5 Å². The molecule has 4 aromatic rings. The molecule has 0 bridgehead atoms. The Balaban J connectivity index is 1.36. The monoisotopic (exact) mass is 472 g/mol. The molecular formula is C23H24N10O2. The van der Waals surface area contributed by atoms with E-state index in [0.717, 1.165) is 18.8 Å². The Kier molecular flexibility index (Phi) is 6.25. The topological polar surface area (TPSA) is 154 Å². The summed E-state index contributed by atoms with van der Waals surface area (Å²) in [7, 11) is 0. The van der Waals surface area contributed by atoms with Crippen LogP contribution in [0.4, 0.5) is 23.4 Å². The molecule has 4 N–H and O–H groups in total. The number of rotatable bonds is 7. The van der Waals surface area contributed by atoms with Gasteiger partial charge in [-0.25, -0.2) is 0 Å². The summed E-state index contributed by atoms with van der Waals surface area (Å²) in [5, 5.41) is 26.6. The van der Waals surface area contributed by atoms with E-state index < -0.39 is 0 Å². The van der Waals surface area contributed by atoms with Crippen LogP contribution in [0.3, 0.4) is 0 Å². The highest BCUT2D eigenvalue weighted by atomic mass is 16.5. The number of pyridine rings is 1. The summed E-state index contributed by atoms with van der Waals surface area (Å²) in [5.41, 5.74) is 7.52. The number of nitrogens with zero attached hydrogens (tertiary/aromatic N) is 8. The molecule has 0 amide bonds. The van der Waals surface area contributed by atoms with Gasteiger partial charge in [0.15, 0.2) is 11.5 Å². The van der Waals surface area contributed by atoms with Crippen molar-refractivity contribution in [2.75, 3.05) is 55.3 Å². The molecule has 0 saturated carbocycles. The molecule has 0 atom stereocenters. The molecule has 0 aliphatic carbocycles. The summed E-state index contributed by atoms with van der Waals surface area (Å²) in [6.07, 6.45) is 3.32. The van der Waals surface area contributed by atoms with E-state index in [4.69, 9.17) is 15.6 Å². The van der Waals surface area contributed by atoms with Gasteiger partial charge in [0, 0.05) is 50.8 Å². The Hall–Kier alpha value is -4.47. The van der Waals surface area contributed by atoms with Crippen LogP contribution in [-0.2, 0) is 0 Å². The first kappa shape index (κ1) is 22.3. The van der Waals surface area contributed by atoms with Crippen LogP contribution >= 0.6 is 0 Å². The molecule has 1 fully saturated rings. The summed E-state index contributed by atoms with van der Waals surface area (Å²) in [4.78, 5) is 17.2. The number of nitrogen functional groups attached to an aromatic ring is 1. The van der Waals surface area contributed by atoms with Crippen molar-refractivity contribution in [1.82, 2.24) is 29.5 Å². The van der Waals surface area contributed by atoms with Gasteiger partial charge in [-0.2, -0.15) is 19.7 Å². The Morgan fingerprint density at radius 3 is 2.43 bits per heavy atom. The molecule has 0 unspecified atom stereocenters. The molecule has 3 aromatic heterocycles. The van der Waals surface area contributed by atoms with Gasteiger partial charge in [0.05, 0.1) is 6.61 Å². The van der Waals surface area contributed by atoms with E-state index in [1.807, 2.05) is 29.2 Å². The number of hydrogen-bond acceptors (Lipinski definition) is 11. The Morgan fingerprint density at radius 1 is 1.03 bits per heavy atom. The lowest BCUT2D eigenvalue weighted by Gasteiger charge is -2.34. The van der Waals surface area contributed by atoms with E-state index in [1.165, 1.54) is 4.52 Å². The smallest absolute Gasteiger partial charge is 0.230 e. The number of anilines is 4. The number of fused-ring (bicyclic) bond motifs is 1. The lowest BCUT2D eigenvalue weighted by molar-refractivity contribution is 0.188. The van der Waals surface area contributed by atoms with Crippen LogP contribution in [0.2, 0.25) is 0 Å². The number of aliphatic hydroxyl groups is 1. The van der Waals surface area contributed by atoms with Gasteiger partial charge in [0.2, 0.25) is 11.9 Å². The minimum absolute atomic E-state index is 0.132. The van der Waals surface area contributed by atoms with Gasteiger partial charge in [0.25, 0.3) is 0 Å². The van der Waals surface area contributed by atoms with Crippen molar-refractivity contribution in [2.45, 2.75) is 0 Å². The molecular weight excluding hydrogens is 448 g/mol. The van der Waals surface area contributed by atoms with E-state index in [9.17, 15) is 5.26 Å². The molecule has 178 valence electrons. The second-order valence-corrected chi connectivity index (χ2v) is 7.94. The van der Waals surface area contributed by atoms with E-state index in [0.29, 0.717) is 48.5 Å². The third-order valence-corrected chi connectivity index (χ3v) is 5.68. The van der Waals surface area contributed by atoms with Crippen LogP contribution in [0.5, 0.6) is 11.5 Å². The first-order valence-electron chi connectivity index (χ1n) is 11.1. The number of nitrogens with two attached hydrogens (primary N) is 1. The molecule has 1 aliphatic heterocycles. The van der Waals surface area contributed by atoms with Gasteiger partial charge in [-0.15, -0.1) is 5.10 Å². The number of aromatic nitrogens is 5. The third-order valence-electron chi connectivity index (χ3n) is 5.68. The van der Waals surface area contributed by atoms with Crippen molar-refractivity contribution in [3.8, 4) is 17.6 Å². The predicted molar refractivity (Wildman–Crippen MR) is 130 cm³/mol. The molecule has 12 nitrogen and oxygen atoms in total. The normalized spacial score (nSPS) is 14.1. The number of β-amino-alcohol motifs (C(OH)–C–C–N with tert-alkyl or cyclic N) is 1. The van der Waals surface area contributed by atoms with Crippen LogP contribution in [0, 0.1) is 11.3 Å². The largest absolute Gasteiger partial charge is 0.457 e. The SMILES string of the molecule is N#Cc1c(Nc2ccc(Oc3ccncc3)cc2)nn2c(N)nc(N3CCN(CCO)CC3)nc12. The van der Waals surface area contributed by atoms with Crippen molar-refractivity contribution in [2.24, 2.45) is 0 Å². The van der Waals surface area contributed by atoms with Gasteiger partial charge in [-0.1, -0.05) is 0 Å². The number of nitrogens with one attached hydrogen (secondary N) is 1. The fourth-order valence-corrected chi connectivity index (χ4v) is 3.87. The van der Waals surface area contributed by atoms with Crippen molar-refractivity contribution in [1.29, 1.82) is 5.26 Å². The zero-order valence-electron chi connectivity index (χ0n) is 18.9. The van der Waals surface area contributed by atoms with Crippen molar-refractivity contribution in [3.63, 3.8) is 0 Å². The quantitative estimate of drug-likeness (QED) is 0.359. The second-order valence-electron chi connectivity index (χ2n) is 7.94. The van der Waals surface area contributed by atoms with Gasteiger partial charge in [-0.05, 0) is 36.4 Å². The number of ether oxygens (including phenoxy) is 1. The number of hydrogen-bond donors (Lipinski definition) is 3. The Labute approximate surface area is 201 Å². The zero-order valence-corrected chi connectivity index (χ0v) is 18.9. The van der Waals surface area contributed by atoms with Crippen LogP contribution < -0.4 is 20.7 Å². The summed E-state index contributed by atoms with van der Waals surface area (Å²) >= 11 is 0. The molecule has 1 saturated heterocycles. The highest BCUT2D eigenvalue weighted by molar-refractivity contribution is 5.73. The van der Waals surface area contributed by atoms with Gasteiger partial charge in [0.1, 0.15) is 23.1 Å². The molecule has 1 aliphatic rings. The summed E-state index contributed by atoms with van der Waals surface area (Å²) in [6, 6.07) is 13.0. The number of benzene rings is 1. The summed E-state index contributed by atoms with van der Waals surface area (Å²) < 4.78 is 7.16. The molecule has 0 spiro atoms. The molecule has 4 heterocycles. The minimum Gasteiger partial charge on any atom is -0.457 e. The Bertz CT molecular complexity index is 1340. The van der Waals surface area contributed by atoms with E-state index in [-0.39, 0.29) is 18.1 Å². The fourth-order valence-electron chi connectivity index (χ4n) is 3.87. The highest BCUT2D eigenvalue weighted by Crippen LogP contribution is 2.27. The lowest BCUT2D eigenvalue weighted by atomic mass is 10.2. The first-order valence-corrected chi connectivity index (χ1v) is 11.1. The molecule has 12 heteroatoms. The standard InChI is InChI=1S/C23H24N10O2/c24-15-19-20(27-16-1-3-17(4-2-16)35-18-5-7-26-8-6-18)30-33-21(19)28-23(29-22(33)25)32-11-9-31(10-12-32)13-14-34/h1-8,34H,9-14H2,(H,27,30)(H2,25,28,29). The van der Waals surface area contributed by atoms with Gasteiger partial charge >= 0.3 is 0 Å². The van der Waals surface area contributed by atoms with Crippen molar-refractivity contribution in [3.05, 3.63) is 54.4 Å². The number of nitriles is 1. The maximum absolute atomic E-state index is 9.86. The number of aliphatic hydroxyl groups excluding tert-OH is 1. The maximum atomic E-state index is 9.86. The molecule has 1 aromatic carbocycles. The van der Waals surface area contributed by atoms with Crippen LogP contribution in [0.15, 0.2) is 48.8 Å². The zero-order chi connectivity index (χ0) is 24.2. The van der Waals surface area contributed by atoms with Crippen molar-refractivity contribution >= 4 is 29.0 Å². The number of piperazine rings is 1. The van der Waals surface area contributed by atoms with Crippen LogP contribution in [-0.4, -0.2) is 73.9 Å². The third kappa shape index (κ3) is 4.77. The molecule has 5 rings (SSSR count). The van der Waals surface area contributed by atoms with Gasteiger partial charge < -0.3 is 25.8 Å². The summed E-state index contributed by atoms with van der Waals surface area (Å²) in [6.45, 7) is 3.74. The van der Waals surface area contributed by atoms with Crippen LogP contribution in [0.25, 0.3) is 5.65 Å². The lowest BCUT2D eigenvalue weighted by Crippen LogP contribution is -2.47. The Morgan fingerprint density at radius 2 is 1.74 bits per heavy atom. The summed E-state index contributed by atoms with van der Waals surface area (Å²) in [5.74, 6) is 2.29. The molecule has 0 radical (unpaired) electrons. The predicted octanol–water partition coefficient (Wildman–Crippen LogP) is 1.62.